The van der Waals surface area contributed by atoms with Gasteiger partial charge in [0.25, 0.3) is 0 Å². The number of aryl methyl sites for hydroxylation is 1. The highest BCUT2D eigenvalue weighted by Crippen LogP contribution is 2.47. The quantitative estimate of drug-likeness (QED) is 0.610. The summed E-state index contributed by atoms with van der Waals surface area (Å²) in [5, 5.41) is 0.556. The molecule has 0 amide bonds. The highest BCUT2D eigenvalue weighted by Gasteiger charge is 2.40. The van der Waals surface area contributed by atoms with E-state index < -0.39 is 5.54 Å². The smallest absolute Gasteiger partial charge is 0.235 e. The van der Waals surface area contributed by atoms with Gasteiger partial charge >= 0.3 is 0 Å². The fourth-order valence-corrected chi connectivity index (χ4v) is 2.59. The number of carbonyl (C=O) groups excluding carboxylic acids is 1. The van der Waals surface area contributed by atoms with E-state index in [1.165, 1.54) is 0 Å². The van der Waals surface area contributed by atoms with Gasteiger partial charge in [0.05, 0.1) is 17.7 Å². The van der Waals surface area contributed by atoms with E-state index in [1.807, 2.05) is 19.1 Å². The minimum atomic E-state index is -0.401. The van der Waals surface area contributed by atoms with Crippen molar-refractivity contribution in [2.24, 2.45) is 4.99 Å². The Hall–Kier alpha value is -1.31. The Kier molecular flexibility index (Phi) is 3.23. The molecule has 1 aliphatic carbocycles. The Morgan fingerprint density at radius 3 is 2.65 bits per heavy atom. The van der Waals surface area contributed by atoms with Gasteiger partial charge in [-0.1, -0.05) is 11.6 Å². The number of hydrogen-bond donors (Lipinski definition) is 0. The zero-order valence-electron chi connectivity index (χ0n) is 9.92. The Morgan fingerprint density at radius 1 is 1.47 bits per heavy atom. The Labute approximate surface area is 105 Å². The van der Waals surface area contributed by atoms with Gasteiger partial charge in [0.2, 0.25) is 6.08 Å². The third-order valence-electron chi connectivity index (χ3n) is 3.44. The normalized spacial score (nSPS) is 16.9. The van der Waals surface area contributed by atoms with Gasteiger partial charge in [0.1, 0.15) is 5.75 Å². The van der Waals surface area contributed by atoms with E-state index >= 15 is 0 Å². The van der Waals surface area contributed by atoms with Crippen LogP contribution in [0, 0.1) is 6.92 Å². The summed E-state index contributed by atoms with van der Waals surface area (Å²) < 4.78 is 5.17. The van der Waals surface area contributed by atoms with Crippen LogP contribution in [0.3, 0.4) is 0 Å². The van der Waals surface area contributed by atoms with Crippen LogP contribution in [0.2, 0.25) is 5.02 Å². The fraction of sp³-hybridized carbons (Fsp3) is 0.462. The second-order valence-electron chi connectivity index (χ2n) is 4.39. The lowest BCUT2D eigenvalue weighted by Gasteiger charge is -2.38. The summed E-state index contributed by atoms with van der Waals surface area (Å²) in [6.07, 6.45) is 4.52. The van der Waals surface area contributed by atoms with Crippen LogP contribution in [0.15, 0.2) is 17.1 Å². The Bertz CT molecular complexity index is 488. The molecule has 0 aromatic heterocycles. The topological polar surface area (TPSA) is 38.7 Å². The van der Waals surface area contributed by atoms with Crippen LogP contribution in [0.5, 0.6) is 5.75 Å². The van der Waals surface area contributed by atoms with Crippen LogP contribution >= 0.6 is 11.6 Å². The Balaban J connectivity index is 2.52. The monoisotopic (exact) mass is 251 g/mol. The standard InChI is InChI=1S/C13H14ClNO2/c1-9-6-12(17-2)11(14)7-10(9)13(15-8-16)4-3-5-13/h6-7H,3-5H2,1-2H3. The first-order valence-electron chi connectivity index (χ1n) is 5.56. The summed E-state index contributed by atoms with van der Waals surface area (Å²) in [5.41, 5.74) is 1.66. The maximum atomic E-state index is 10.6. The number of benzene rings is 1. The molecule has 0 spiro atoms. The number of methoxy groups -OCH3 is 1. The third-order valence-corrected chi connectivity index (χ3v) is 3.74. The molecule has 4 heteroatoms. The molecule has 0 radical (unpaired) electrons. The highest BCUT2D eigenvalue weighted by molar-refractivity contribution is 6.32. The summed E-state index contributed by atoms with van der Waals surface area (Å²) in [4.78, 5) is 14.5. The van der Waals surface area contributed by atoms with Gasteiger partial charge in [0, 0.05) is 0 Å². The van der Waals surface area contributed by atoms with Crippen molar-refractivity contribution in [2.45, 2.75) is 31.7 Å². The number of aliphatic imine (C=N–C) groups is 1. The van der Waals surface area contributed by atoms with Gasteiger partial charge in [-0.05, 0) is 49.4 Å². The van der Waals surface area contributed by atoms with E-state index in [4.69, 9.17) is 16.3 Å². The van der Waals surface area contributed by atoms with E-state index in [2.05, 4.69) is 4.99 Å². The first-order chi connectivity index (χ1) is 8.13. The van der Waals surface area contributed by atoms with Crippen molar-refractivity contribution < 1.29 is 9.53 Å². The zero-order chi connectivity index (χ0) is 12.5. The average Bonchev–Trinajstić information content (AvgIpc) is 2.26. The Morgan fingerprint density at radius 2 is 2.18 bits per heavy atom. The molecule has 17 heavy (non-hydrogen) atoms. The molecule has 1 aliphatic rings. The van der Waals surface area contributed by atoms with Crippen LogP contribution < -0.4 is 4.74 Å². The second kappa shape index (κ2) is 4.52. The molecule has 90 valence electrons. The van der Waals surface area contributed by atoms with Crippen molar-refractivity contribution in [1.82, 2.24) is 0 Å². The maximum Gasteiger partial charge on any atom is 0.235 e. The number of hydrogen-bond acceptors (Lipinski definition) is 3. The van der Waals surface area contributed by atoms with Crippen LogP contribution in [0.25, 0.3) is 0 Å². The number of isocyanates is 1. The minimum absolute atomic E-state index is 0.401. The van der Waals surface area contributed by atoms with Crippen molar-refractivity contribution in [3.63, 3.8) is 0 Å². The predicted octanol–water partition coefficient (Wildman–Crippen LogP) is 3.37. The van der Waals surface area contributed by atoms with E-state index in [-0.39, 0.29) is 0 Å². The number of rotatable bonds is 3. The van der Waals surface area contributed by atoms with Crippen molar-refractivity contribution in [3.8, 4) is 5.75 Å². The molecular weight excluding hydrogens is 238 g/mol. The minimum Gasteiger partial charge on any atom is -0.495 e. The lowest BCUT2D eigenvalue weighted by Crippen LogP contribution is -2.32. The van der Waals surface area contributed by atoms with E-state index in [0.717, 1.165) is 30.4 Å². The molecule has 0 unspecified atom stereocenters. The second-order valence-corrected chi connectivity index (χ2v) is 4.80. The molecule has 2 rings (SSSR count). The van der Waals surface area contributed by atoms with Crippen molar-refractivity contribution in [1.29, 1.82) is 0 Å². The number of ether oxygens (including phenoxy) is 1. The molecule has 0 atom stereocenters. The summed E-state index contributed by atoms with van der Waals surface area (Å²) >= 11 is 6.12. The SMILES string of the molecule is COc1cc(C)c(C2(N=C=O)CCC2)cc1Cl. The molecule has 1 aromatic carbocycles. The molecule has 0 aliphatic heterocycles. The molecule has 1 fully saturated rings. The van der Waals surface area contributed by atoms with Crippen LogP contribution in [-0.4, -0.2) is 13.2 Å². The summed E-state index contributed by atoms with van der Waals surface area (Å²) in [6, 6.07) is 3.74. The highest BCUT2D eigenvalue weighted by atomic mass is 35.5. The molecular formula is C13H14ClNO2. The predicted molar refractivity (Wildman–Crippen MR) is 66.4 cm³/mol. The lowest BCUT2D eigenvalue weighted by molar-refractivity contribution is 0.254. The summed E-state index contributed by atoms with van der Waals surface area (Å²) in [6.45, 7) is 1.98. The lowest BCUT2D eigenvalue weighted by atomic mass is 9.71. The van der Waals surface area contributed by atoms with Crippen molar-refractivity contribution in [2.75, 3.05) is 7.11 Å². The first kappa shape index (κ1) is 12.2. The summed E-state index contributed by atoms with van der Waals surface area (Å²) in [7, 11) is 1.59. The number of nitrogens with zero attached hydrogens (tertiary/aromatic N) is 1. The number of halogens is 1. The van der Waals surface area contributed by atoms with Gasteiger partial charge in [-0.3, -0.25) is 0 Å². The van der Waals surface area contributed by atoms with Crippen molar-refractivity contribution in [3.05, 3.63) is 28.3 Å². The molecule has 0 heterocycles. The van der Waals surface area contributed by atoms with Crippen LogP contribution in [0.1, 0.15) is 30.4 Å². The molecule has 0 bridgehead atoms. The van der Waals surface area contributed by atoms with Gasteiger partial charge in [-0.25, -0.2) is 4.79 Å². The molecule has 0 saturated heterocycles. The van der Waals surface area contributed by atoms with E-state index in [9.17, 15) is 4.79 Å². The van der Waals surface area contributed by atoms with E-state index in [1.54, 1.807) is 13.2 Å². The maximum absolute atomic E-state index is 10.6. The first-order valence-corrected chi connectivity index (χ1v) is 5.94. The van der Waals surface area contributed by atoms with Crippen LogP contribution in [0.4, 0.5) is 0 Å². The fourth-order valence-electron chi connectivity index (χ4n) is 2.35. The molecule has 0 N–H and O–H groups in total. The van der Waals surface area contributed by atoms with Crippen molar-refractivity contribution >= 4 is 17.7 Å². The van der Waals surface area contributed by atoms with Gasteiger partial charge in [0.15, 0.2) is 0 Å². The van der Waals surface area contributed by atoms with Gasteiger partial charge in [-0.15, -0.1) is 0 Å². The van der Waals surface area contributed by atoms with Gasteiger partial charge < -0.3 is 4.74 Å². The van der Waals surface area contributed by atoms with E-state index in [0.29, 0.717) is 10.8 Å². The molecule has 3 nitrogen and oxygen atoms in total. The average molecular weight is 252 g/mol. The molecule has 1 saturated carbocycles. The third kappa shape index (κ3) is 1.97. The molecule has 1 aromatic rings. The van der Waals surface area contributed by atoms with Gasteiger partial charge in [-0.2, -0.15) is 4.99 Å². The van der Waals surface area contributed by atoms with Crippen LogP contribution in [-0.2, 0) is 10.3 Å². The zero-order valence-corrected chi connectivity index (χ0v) is 10.7. The largest absolute Gasteiger partial charge is 0.495 e. The summed E-state index contributed by atoms with van der Waals surface area (Å²) in [5.74, 6) is 0.650.